The molecule has 2 aliphatic rings. The van der Waals surface area contributed by atoms with E-state index in [2.05, 4.69) is 14.1 Å². The summed E-state index contributed by atoms with van der Waals surface area (Å²) in [5.41, 5.74) is 8.35. The molecule has 21 heavy (non-hydrogen) atoms. The third-order valence-corrected chi connectivity index (χ3v) is 4.99. The van der Waals surface area contributed by atoms with E-state index in [0.717, 1.165) is 23.0 Å². The summed E-state index contributed by atoms with van der Waals surface area (Å²) in [5.74, 6) is 2.50. The van der Waals surface area contributed by atoms with Gasteiger partial charge in [-0.05, 0) is 25.7 Å². The van der Waals surface area contributed by atoms with E-state index in [9.17, 15) is 0 Å². The van der Waals surface area contributed by atoms with Crippen LogP contribution in [0, 0.1) is 0 Å². The molecule has 2 aromatic heterocycles. The van der Waals surface area contributed by atoms with E-state index in [1.807, 2.05) is 19.6 Å². The number of hydrogen-bond acceptors (Lipinski definition) is 3. The second-order valence-electron chi connectivity index (χ2n) is 6.52. The van der Waals surface area contributed by atoms with Gasteiger partial charge in [0.25, 0.3) is 0 Å². The normalized spacial score (nSPS) is 20.0. The second-order valence-corrected chi connectivity index (χ2v) is 6.52. The van der Waals surface area contributed by atoms with Gasteiger partial charge in [0.2, 0.25) is 0 Å². The molecule has 112 valence electrons. The van der Waals surface area contributed by atoms with Crippen LogP contribution in [-0.2, 0) is 7.05 Å². The lowest BCUT2D eigenvalue weighted by Crippen LogP contribution is -2.11. The van der Waals surface area contributed by atoms with E-state index in [1.165, 1.54) is 44.9 Å². The van der Waals surface area contributed by atoms with Crippen LogP contribution < -0.4 is 5.73 Å². The lowest BCUT2D eigenvalue weighted by atomic mass is 9.89. The third kappa shape index (κ3) is 2.15. The maximum atomic E-state index is 6.35. The number of nitrogens with two attached hydrogens (primary N) is 1. The highest BCUT2D eigenvalue weighted by Gasteiger charge is 2.29. The summed E-state index contributed by atoms with van der Waals surface area (Å²) in [4.78, 5) is 9.23. The summed E-state index contributed by atoms with van der Waals surface area (Å²) in [6, 6.07) is 0.599. The lowest BCUT2D eigenvalue weighted by Gasteiger charge is -2.21. The first-order valence-corrected chi connectivity index (χ1v) is 8.10. The standard InChI is InChI=1S/C16H23N5/c1-20-15(17)14(13-9-18-10-21(13)12-7-8-12)19-16(20)11-5-3-2-4-6-11/h9-12H,2-8,17H2,1H3. The van der Waals surface area contributed by atoms with Crippen LogP contribution in [0.3, 0.4) is 0 Å². The molecule has 2 fully saturated rings. The van der Waals surface area contributed by atoms with Gasteiger partial charge in [0.15, 0.2) is 0 Å². The SMILES string of the molecule is Cn1c(C2CCCCC2)nc(-c2cncn2C2CC2)c1N. The summed E-state index contributed by atoms with van der Waals surface area (Å²) in [6.07, 6.45) is 12.8. The van der Waals surface area contributed by atoms with Crippen LogP contribution in [0.1, 0.15) is 62.7 Å². The van der Waals surface area contributed by atoms with Gasteiger partial charge in [-0.25, -0.2) is 9.97 Å². The molecule has 2 aliphatic carbocycles. The maximum absolute atomic E-state index is 6.35. The Kier molecular flexibility index (Phi) is 3.01. The first-order valence-electron chi connectivity index (χ1n) is 8.10. The Morgan fingerprint density at radius 3 is 2.62 bits per heavy atom. The Morgan fingerprint density at radius 2 is 1.90 bits per heavy atom. The number of rotatable bonds is 3. The Labute approximate surface area is 125 Å². The fourth-order valence-electron chi connectivity index (χ4n) is 3.58. The summed E-state index contributed by atoms with van der Waals surface area (Å²) < 4.78 is 4.33. The molecule has 5 nitrogen and oxygen atoms in total. The predicted molar refractivity (Wildman–Crippen MR) is 82.9 cm³/mol. The predicted octanol–water partition coefficient (Wildman–Crippen LogP) is 3.25. The highest BCUT2D eigenvalue weighted by atomic mass is 15.2. The van der Waals surface area contributed by atoms with E-state index in [4.69, 9.17) is 10.7 Å². The molecule has 0 atom stereocenters. The van der Waals surface area contributed by atoms with Crippen molar-refractivity contribution in [2.24, 2.45) is 7.05 Å². The van der Waals surface area contributed by atoms with Crippen molar-refractivity contribution in [3.05, 3.63) is 18.3 Å². The van der Waals surface area contributed by atoms with Crippen LogP contribution in [0.25, 0.3) is 11.4 Å². The summed E-state index contributed by atoms with van der Waals surface area (Å²) in [7, 11) is 2.05. The van der Waals surface area contributed by atoms with Crippen LogP contribution in [0.4, 0.5) is 5.82 Å². The molecule has 0 saturated heterocycles. The van der Waals surface area contributed by atoms with E-state index in [0.29, 0.717) is 12.0 Å². The largest absolute Gasteiger partial charge is 0.383 e. The van der Waals surface area contributed by atoms with Crippen molar-refractivity contribution in [2.75, 3.05) is 5.73 Å². The molecule has 0 unspecified atom stereocenters. The molecule has 0 bridgehead atoms. The highest BCUT2D eigenvalue weighted by molar-refractivity contribution is 5.68. The third-order valence-electron chi connectivity index (χ3n) is 4.99. The van der Waals surface area contributed by atoms with E-state index >= 15 is 0 Å². The van der Waals surface area contributed by atoms with Gasteiger partial charge in [0.05, 0.1) is 18.2 Å². The number of anilines is 1. The fourth-order valence-corrected chi connectivity index (χ4v) is 3.58. The summed E-state index contributed by atoms with van der Waals surface area (Å²) >= 11 is 0. The fraction of sp³-hybridized carbons (Fsp3) is 0.625. The molecule has 0 aromatic carbocycles. The molecule has 0 spiro atoms. The average Bonchev–Trinajstić information content (AvgIpc) is 3.18. The van der Waals surface area contributed by atoms with Crippen LogP contribution in [-0.4, -0.2) is 19.1 Å². The number of nitrogens with zero attached hydrogens (tertiary/aromatic N) is 4. The first-order chi connectivity index (χ1) is 10.3. The van der Waals surface area contributed by atoms with E-state index in [-0.39, 0.29) is 0 Å². The number of nitrogen functional groups attached to an aromatic ring is 1. The minimum absolute atomic E-state index is 0.567. The van der Waals surface area contributed by atoms with Crippen molar-refractivity contribution in [1.82, 2.24) is 19.1 Å². The van der Waals surface area contributed by atoms with Crippen molar-refractivity contribution in [2.45, 2.75) is 56.9 Å². The molecule has 2 heterocycles. The van der Waals surface area contributed by atoms with Crippen molar-refractivity contribution in [3.8, 4) is 11.4 Å². The molecule has 2 aromatic rings. The van der Waals surface area contributed by atoms with Gasteiger partial charge in [-0.2, -0.15) is 0 Å². The van der Waals surface area contributed by atoms with Crippen molar-refractivity contribution >= 4 is 5.82 Å². The Balaban J connectivity index is 1.73. The van der Waals surface area contributed by atoms with Crippen LogP contribution in [0.15, 0.2) is 12.5 Å². The second kappa shape index (κ2) is 4.90. The van der Waals surface area contributed by atoms with Crippen LogP contribution in [0.5, 0.6) is 0 Å². The molecule has 5 heteroatoms. The number of aromatic nitrogens is 4. The van der Waals surface area contributed by atoms with Gasteiger partial charge in [-0.1, -0.05) is 19.3 Å². The Morgan fingerprint density at radius 1 is 1.14 bits per heavy atom. The van der Waals surface area contributed by atoms with Gasteiger partial charge in [-0.15, -0.1) is 0 Å². The van der Waals surface area contributed by atoms with Crippen LogP contribution >= 0.6 is 0 Å². The Hall–Kier alpha value is -1.78. The first kappa shape index (κ1) is 12.9. The van der Waals surface area contributed by atoms with E-state index in [1.54, 1.807) is 0 Å². The molecule has 2 saturated carbocycles. The molecule has 0 aliphatic heterocycles. The number of hydrogen-bond donors (Lipinski definition) is 1. The summed E-state index contributed by atoms with van der Waals surface area (Å²) in [5, 5.41) is 0. The van der Waals surface area contributed by atoms with Crippen LogP contribution in [0.2, 0.25) is 0 Å². The maximum Gasteiger partial charge on any atom is 0.133 e. The minimum atomic E-state index is 0.567. The minimum Gasteiger partial charge on any atom is -0.383 e. The lowest BCUT2D eigenvalue weighted by molar-refractivity contribution is 0.422. The smallest absolute Gasteiger partial charge is 0.133 e. The van der Waals surface area contributed by atoms with Crippen molar-refractivity contribution in [3.63, 3.8) is 0 Å². The average molecular weight is 285 g/mol. The topological polar surface area (TPSA) is 61.7 Å². The van der Waals surface area contributed by atoms with Gasteiger partial charge >= 0.3 is 0 Å². The molecule has 4 rings (SSSR count). The van der Waals surface area contributed by atoms with Gasteiger partial charge in [0.1, 0.15) is 17.3 Å². The Bertz CT molecular complexity index is 644. The molecule has 0 radical (unpaired) electrons. The summed E-state index contributed by atoms with van der Waals surface area (Å²) in [6.45, 7) is 0. The van der Waals surface area contributed by atoms with Gasteiger partial charge in [0, 0.05) is 19.0 Å². The molecule has 2 N–H and O–H groups in total. The van der Waals surface area contributed by atoms with Crippen molar-refractivity contribution in [1.29, 1.82) is 0 Å². The van der Waals surface area contributed by atoms with E-state index < -0.39 is 0 Å². The zero-order valence-electron chi connectivity index (χ0n) is 12.6. The van der Waals surface area contributed by atoms with Gasteiger partial charge < -0.3 is 14.9 Å². The zero-order valence-corrected chi connectivity index (χ0v) is 12.6. The quantitative estimate of drug-likeness (QED) is 0.941. The monoisotopic (exact) mass is 285 g/mol. The highest BCUT2D eigenvalue weighted by Crippen LogP contribution is 2.40. The molecular weight excluding hydrogens is 262 g/mol. The number of imidazole rings is 2. The molecule has 0 amide bonds. The van der Waals surface area contributed by atoms with Crippen molar-refractivity contribution < 1.29 is 0 Å². The molecular formula is C16H23N5. The van der Waals surface area contributed by atoms with Gasteiger partial charge in [-0.3, -0.25) is 0 Å². The zero-order chi connectivity index (χ0) is 14.4.